The minimum Gasteiger partial charge on any atom is -0.493 e. The fourth-order valence-electron chi connectivity index (χ4n) is 5.73. The maximum absolute atomic E-state index is 13.6. The second-order valence-electron chi connectivity index (χ2n) is 9.38. The Labute approximate surface area is 244 Å². The molecule has 1 N–H and O–H groups in total. The molecular weight excluding hydrogens is 605 g/mol. The monoisotopic (exact) mass is 627 g/mol. The third-order valence-electron chi connectivity index (χ3n) is 7.43. The Balaban J connectivity index is 1.55. The van der Waals surface area contributed by atoms with Gasteiger partial charge in [-0.2, -0.15) is 0 Å². The molecule has 3 heterocycles. The quantitative estimate of drug-likeness (QED) is 0.370. The lowest BCUT2D eigenvalue weighted by molar-refractivity contribution is -0.141. The average Bonchev–Trinajstić information content (AvgIpc) is 3.65. The largest absolute Gasteiger partial charge is 0.493 e. The van der Waals surface area contributed by atoms with E-state index in [0.29, 0.717) is 45.4 Å². The van der Waals surface area contributed by atoms with Crippen LogP contribution < -0.4 is 28.4 Å². The van der Waals surface area contributed by atoms with Crippen LogP contribution in [-0.2, 0) is 19.6 Å². The first kappa shape index (κ1) is 27.3. The molecular formula is C26H23Cl2NO9S2. The van der Waals surface area contributed by atoms with Crippen molar-refractivity contribution in [3.8, 4) is 28.7 Å². The van der Waals surface area contributed by atoms with Gasteiger partial charge in [0.2, 0.25) is 22.6 Å². The maximum Gasteiger partial charge on any atom is 0.310 e. The molecule has 0 amide bonds. The molecule has 1 aliphatic carbocycles. The zero-order chi connectivity index (χ0) is 28.3. The molecule has 2 aromatic carbocycles. The van der Waals surface area contributed by atoms with Crippen molar-refractivity contribution in [1.82, 2.24) is 4.72 Å². The Hall–Kier alpha value is -2.90. The number of esters is 1. The molecule has 3 aromatic rings. The molecule has 212 valence electrons. The minimum absolute atomic E-state index is 0.00359. The highest BCUT2D eigenvalue weighted by Gasteiger charge is 2.53. The third-order valence-corrected chi connectivity index (χ3v) is 10.6. The molecule has 1 fully saturated rings. The number of hydrogen-bond donors (Lipinski definition) is 1. The van der Waals surface area contributed by atoms with Gasteiger partial charge in [-0.25, -0.2) is 13.1 Å². The van der Waals surface area contributed by atoms with E-state index >= 15 is 0 Å². The zero-order valence-corrected chi connectivity index (χ0v) is 24.5. The van der Waals surface area contributed by atoms with Crippen LogP contribution in [-0.4, -0.2) is 49.1 Å². The number of ether oxygens (including phenoxy) is 6. The first-order valence-corrected chi connectivity index (χ1v) is 15.1. The summed E-state index contributed by atoms with van der Waals surface area (Å²) in [6.07, 6.45) is 0. The summed E-state index contributed by atoms with van der Waals surface area (Å²) in [4.78, 5) is 13.2. The van der Waals surface area contributed by atoms with E-state index in [4.69, 9.17) is 51.6 Å². The van der Waals surface area contributed by atoms with Gasteiger partial charge in [0.05, 0.1) is 44.2 Å². The molecule has 40 heavy (non-hydrogen) atoms. The topological polar surface area (TPSA) is 119 Å². The highest BCUT2D eigenvalue weighted by Crippen LogP contribution is 2.56. The normalized spacial score (nSPS) is 22.9. The number of carbonyl (C=O) groups is 1. The molecule has 0 bridgehead atoms. The van der Waals surface area contributed by atoms with Gasteiger partial charge in [-0.05, 0) is 47.0 Å². The summed E-state index contributed by atoms with van der Waals surface area (Å²) < 4.78 is 63.7. The van der Waals surface area contributed by atoms with E-state index in [2.05, 4.69) is 4.72 Å². The lowest BCUT2D eigenvalue weighted by Crippen LogP contribution is -2.42. The summed E-state index contributed by atoms with van der Waals surface area (Å²) in [5, 5.41) is 0. The SMILES string of the molecule is COc1cc([C@@H]2c3cc4c(cc3[C@@H](NS(=O)(=O)c3cc(Cl)sc3Cl)[C@H]3COC(=O)[C@H]23)OCO4)cc(OC)c1OC. The molecule has 0 radical (unpaired) electrons. The van der Waals surface area contributed by atoms with Crippen molar-refractivity contribution in [2.45, 2.75) is 16.9 Å². The molecule has 1 aromatic heterocycles. The molecule has 2 aliphatic heterocycles. The zero-order valence-electron chi connectivity index (χ0n) is 21.4. The van der Waals surface area contributed by atoms with Crippen LogP contribution >= 0.6 is 34.5 Å². The lowest BCUT2D eigenvalue weighted by Gasteiger charge is -2.39. The molecule has 0 spiro atoms. The van der Waals surface area contributed by atoms with E-state index in [1.165, 1.54) is 27.4 Å². The summed E-state index contributed by atoms with van der Waals surface area (Å²) in [5.74, 6) is -0.147. The second-order valence-corrected chi connectivity index (χ2v) is 13.3. The van der Waals surface area contributed by atoms with Gasteiger partial charge in [-0.3, -0.25) is 4.79 Å². The Morgan fingerprint density at radius 2 is 1.57 bits per heavy atom. The minimum atomic E-state index is -4.15. The van der Waals surface area contributed by atoms with E-state index in [9.17, 15) is 13.2 Å². The van der Waals surface area contributed by atoms with Crippen molar-refractivity contribution in [2.24, 2.45) is 11.8 Å². The van der Waals surface area contributed by atoms with Gasteiger partial charge in [0.1, 0.15) is 9.23 Å². The van der Waals surface area contributed by atoms with Crippen LogP contribution in [0, 0.1) is 11.8 Å². The van der Waals surface area contributed by atoms with E-state index in [0.717, 1.165) is 11.3 Å². The van der Waals surface area contributed by atoms with Crippen molar-refractivity contribution in [2.75, 3.05) is 34.7 Å². The van der Waals surface area contributed by atoms with Crippen molar-refractivity contribution < 1.29 is 41.6 Å². The highest BCUT2D eigenvalue weighted by atomic mass is 35.5. The van der Waals surface area contributed by atoms with Crippen molar-refractivity contribution in [3.63, 3.8) is 0 Å². The van der Waals surface area contributed by atoms with E-state index < -0.39 is 39.8 Å². The molecule has 10 nitrogen and oxygen atoms in total. The van der Waals surface area contributed by atoms with Gasteiger partial charge >= 0.3 is 5.97 Å². The number of benzene rings is 2. The number of fused-ring (bicyclic) bond motifs is 3. The van der Waals surface area contributed by atoms with Crippen LogP contribution in [0.2, 0.25) is 8.67 Å². The number of hydrogen-bond acceptors (Lipinski definition) is 10. The molecule has 4 atom stereocenters. The molecule has 14 heteroatoms. The van der Waals surface area contributed by atoms with Crippen LogP contribution in [0.15, 0.2) is 35.2 Å². The van der Waals surface area contributed by atoms with Crippen molar-refractivity contribution in [1.29, 1.82) is 0 Å². The number of methoxy groups -OCH3 is 3. The lowest BCUT2D eigenvalue weighted by atomic mass is 9.65. The Morgan fingerprint density at radius 1 is 0.925 bits per heavy atom. The maximum atomic E-state index is 13.6. The molecule has 6 rings (SSSR count). The van der Waals surface area contributed by atoms with Gasteiger partial charge in [0.25, 0.3) is 0 Å². The first-order valence-electron chi connectivity index (χ1n) is 12.0. The summed E-state index contributed by atoms with van der Waals surface area (Å²) in [5.41, 5.74) is 1.97. The molecule has 3 aliphatic rings. The fraction of sp³-hybridized carbons (Fsp3) is 0.346. The summed E-state index contributed by atoms with van der Waals surface area (Å²) >= 11 is 13.2. The van der Waals surface area contributed by atoms with Gasteiger partial charge < -0.3 is 28.4 Å². The second kappa shape index (κ2) is 10.2. The van der Waals surface area contributed by atoms with Crippen LogP contribution in [0.3, 0.4) is 0 Å². The third kappa shape index (κ3) is 4.33. The predicted octanol–water partition coefficient (Wildman–Crippen LogP) is 4.76. The summed E-state index contributed by atoms with van der Waals surface area (Å²) in [7, 11) is 0.372. The highest BCUT2D eigenvalue weighted by molar-refractivity contribution is 7.89. The average molecular weight is 629 g/mol. The number of rotatable bonds is 7. The Morgan fingerprint density at radius 3 is 2.15 bits per heavy atom. The first-order chi connectivity index (χ1) is 19.2. The van der Waals surface area contributed by atoms with E-state index in [1.54, 1.807) is 24.3 Å². The van der Waals surface area contributed by atoms with Gasteiger partial charge in [0, 0.05) is 11.8 Å². The van der Waals surface area contributed by atoms with Gasteiger partial charge in [-0.15, -0.1) is 11.3 Å². The van der Waals surface area contributed by atoms with Gasteiger partial charge in [-0.1, -0.05) is 23.2 Å². The van der Waals surface area contributed by atoms with Crippen molar-refractivity contribution in [3.05, 3.63) is 55.7 Å². The number of thiophene rings is 1. The number of sulfonamides is 1. The number of halogens is 2. The number of nitrogens with one attached hydrogen (secondary N) is 1. The predicted molar refractivity (Wildman–Crippen MR) is 146 cm³/mol. The van der Waals surface area contributed by atoms with Gasteiger partial charge in [0.15, 0.2) is 23.0 Å². The Bertz CT molecular complexity index is 1600. The Kier molecular flexibility index (Phi) is 6.94. The number of carbonyl (C=O) groups excluding carboxylic acids is 1. The molecule has 0 saturated carbocycles. The van der Waals surface area contributed by atoms with Crippen LogP contribution in [0.25, 0.3) is 0 Å². The standard InChI is InChI=1S/C26H23Cl2NO9S2/c1-33-17-4-11(5-18(34-2)24(17)35-3)21-12-6-15-16(38-10-37-15)7-13(12)23(14-9-36-26(30)22(14)21)29-40(31,32)19-8-20(27)39-25(19)28/h4-8,14,21-23,29H,9-10H2,1-3H3/t14-,21+,22-,23+/m0/s1. The van der Waals surface area contributed by atoms with Crippen LogP contribution in [0.4, 0.5) is 0 Å². The van der Waals surface area contributed by atoms with Crippen molar-refractivity contribution >= 4 is 50.5 Å². The fourth-order valence-corrected chi connectivity index (χ4v) is 9.15. The van der Waals surface area contributed by atoms with Crippen LogP contribution in [0.1, 0.15) is 28.7 Å². The molecule has 1 saturated heterocycles. The molecule has 0 unspecified atom stereocenters. The summed E-state index contributed by atoms with van der Waals surface area (Å²) in [6.45, 7) is 0.0188. The van der Waals surface area contributed by atoms with Crippen LogP contribution in [0.5, 0.6) is 28.7 Å². The smallest absolute Gasteiger partial charge is 0.310 e. The van der Waals surface area contributed by atoms with E-state index in [1.807, 2.05) is 0 Å². The van der Waals surface area contributed by atoms with E-state index in [-0.39, 0.29) is 27.0 Å². The summed E-state index contributed by atoms with van der Waals surface area (Å²) in [6, 6.07) is 7.54. The number of cyclic esters (lactones) is 1.